The lowest BCUT2D eigenvalue weighted by molar-refractivity contribution is -0.183. The molecule has 0 aromatic heterocycles. The highest BCUT2D eigenvalue weighted by atomic mass is 16.7. The van der Waals surface area contributed by atoms with Crippen LogP contribution in [0.15, 0.2) is 18.2 Å². The number of hydrogen-bond acceptors (Lipinski definition) is 3. The van der Waals surface area contributed by atoms with Crippen molar-refractivity contribution in [3.63, 3.8) is 0 Å². The van der Waals surface area contributed by atoms with Gasteiger partial charge in [-0.05, 0) is 31.0 Å². The number of rotatable bonds is 2. The molecule has 1 aliphatic rings. The lowest BCUT2D eigenvalue weighted by Gasteiger charge is -2.24. The van der Waals surface area contributed by atoms with Crippen LogP contribution in [0.2, 0.25) is 0 Å². The van der Waals surface area contributed by atoms with E-state index in [9.17, 15) is 0 Å². The molecule has 0 saturated carbocycles. The summed E-state index contributed by atoms with van der Waals surface area (Å²) in [7, 11) is 1.68. The Kier molecular flexibility index (Phi) is 3.23. The van der Waals surface area contributed by atoms with Gasteiger partial charge in [-0.15, -0.1) is 0 Å². The van der Waals surface area contributed by atoms with Crippen molar-refractivity contribution < 1.29 is 14.2 Å². The van der Waals surface area contributed by atoms with Crippen molar-refractivity contribution in [2.24, 2.45) is 0 Å². The van der Waals surface area contributed by atoms with E-state index in [1.165, 1.54) is 0 Å². The fourth-order valence-corrected chi connectivity index (χ4v) is 1.73. The minimum absolute atomic E-state index is 0.205. The minimum Gasteiger partial charge on any atom is -0.496 e. The molecule has 1 saturated heterocycles. The van der Waals surface area contributed by atoms with Gasteiger partial charge in [0.05, 0.1) is 20.3 Å². The number of benzene rings is 1. The summed E-state index contributed by atoms with van der Waals surface area (Å²) < 4.78 is 16.3. The van der Waals surface area contributed by atoms with Crippen LogP contribution in [-0.2, 0) is 9.47 Å². The number of ether oxygens (including phenoxy) is 3. The van der Waals surface area contributed by atoms with E-state index in [2.05, 4.69) is 6.07 Å². The maximum Gasteiger partial charge on any atom is 0.183 e. The third kappa shape index (κ3) is 2.30. The molecule has 82 valence electrons. The highest BCUT2D eigenvalue weighted by Gasteiger charge is 2.17. The Morgan fingerprint density at radius 2 is 2.00 bits per heavy atom. The first-order valence-electron chi connectivity index (χ1n) is 5.19. The summed E-state index contributed by atoms with van der Waals surface area (Å²) in [5.74, 6) is 0.898. The molecule has 1 aromatic rings. The molecule has 0 unspecified atom stereocenters. The topological polar surface area (TPSA) is 27.7 Å². The Balaban J connectivity index is 2.17. The second-order valence-electron chi connectivity index (χ2n) is 3.66. The highest BCUT2D eigenvalue weighted by molar-refractivity contribution is 5.36. The molecule has 1 aromatic carbocycles. The molecule has 0 radical (unpaired) electrons. The summed E-state index contributed by atoms with van der Waals surface area (Å²) >= 11 is 0. The molecule has 0 N–H and O–H groups in total. The average Bonchev–Trinajstić information content (AvgIpc) is 2.30. The van der Waals surface area contributed by atoms with Gasteiger partial charge in [0.25, 0.3) is 0 Å². The third-order valence-electron chi connectivity index (χ3n) is 2.52. The first-order chi connectivity index (χ1) is 7.31. The molecule has 3 heteroatoms. The summed E-state index contributed by atoms with van der Waals surface area (Å²) in [4.78, 5) is 0. The normalized spacial score (nSPS) is 17.7. The van der Waals surface area contributed by atoms with Crippen molar-refractivity contribution in [3.05, 3.63) is 29.3 Å². The van der Waals surface area contributed by atoms with Crippen LogP contribution in [0.25, 0.3) is 0 Å². The van der Waals surface area contributed by atoms with E-state index in [1.54, 1.807) is 7.11 Å². The molecule has 1 heterocycles. The fraction of sp³-hybridized carbons (Fsp3) is 0.500. The average molecular weight is 208 g/mol. The van der Waals surface area contributed by atoms with Crippen LogP contribution < -0.4 is 4.74 Å². The summed E-state index contributed by atoms with van der Waals surface area (Å²) in [6, 6.07) is 5.99. The molecule has 1 aliphatic heterocycles. The Morgan fingerprint density at radius 1 is 1.27 bits per heavy atom. The van der Waals surface area contributed by atoms with Crippen LogP contribution in [0.5, 0.6) is 5.75 Å². The number of methoxy groups -OCH3 is 1. The summed E-state index contributed by atoms with van der Waals surface area (Å²) in [6.45, 7) is 3.57. The maximum absolute atomic E-state index is 5.53. The van der Waals surface area contributed by atoms with Gasteiger partial charge in [-0.1, -0.05) is 6.07 Å². The zero-order valence-corrected chi connectivity index (χ0v) is 9.16. The smallest absolute Gasteiger partial charge is 0.183 e. The number of aryl methyl sites for hydroxylation is 1. The Morgan fingerprint density at radius 3 is 2.60 bits per heavy atom. The van der Waals surface area contributed by atoms with Crippen molar-refractivity contribution >= 4 is 0 Å². The van der Waals surface area contributed by atoms with E-state index >= 15 is 0 Å². The van der Waals surface area contributed by atoms with Gasteiger partial charge in [0.15, 0.2) is 6.29 Å². The molecule has 0 spiro atoms. The van der Waals surface area contributed by atoms with Gasteiger partial charge in [-0.3, -0.25) is 0 Å². The van der Waals surface area contributed by atoms with Gasteiger partial charge in [-0.25, -0.2) is 0 Å². The van der Waals surface area contributed by atoms with Crippen molar-refractivity contribution in [3.8, 4) is 5.75 Å². The van der Waals surface area contributed by atoms with E-state index in [0.717, 1.165) is 36.5 Å². The molecule has 0 atom stereocenters. The summed E-state index contributed by atoms with van der Waals surface area (Å²) in [5, 5.41) is 0. The van der Waals surface area contributed by atoms with Gasteiger partial charge in [0, 0.05) is 5.56 Å². The van der Waals surface area contributed by atoms with Gasteiger partial charge in [0.2, 0.25) is 0 Å². The predicted octanol–water partition coefficient (Wildman–Crippen LogP) is 2.44. The lowest BCUT2D eigenvalue weighted by Crippen LogP contribution is -2.17. The molecule has 1 fully saturated rings. The molecular formula is C12H16O3. The second kappa shape index (κ2) is 4.64. The Labute approximate surface area is 90.0 Å². The second-order valence-corrected chi connectivity index (χ2v) is 3.66. The van der Waals surface area contributed by atoms with E-state index in [4.69, 9.17) is 14.2 Å². The standard InChI is InChI=1S/C12H16O3/c1-9-8-10(4-5-11(9)13-2)12-14-6-3-7-15-12/h4-5,8,12H,3,6-7H2,1-2H3. The minimum atomic E-state index is -0.205. The van der Waals surface area contributed by atoms with Gasteiger partial charge < -0.3 is 14.2 Å². The van der Waals surface area contributed by atoms with E-state index in [0.29, 0.717) is 0 Å². The van der Waals surface area contributed by atoms with Crippen LogP contribution in [0.3, 0.4) is 0 Å². The van der Waals surface area contributed by atoms with Crippen LogP contribution in [0, 0.1) is 6.92 Å². The monoisotopic (exact) mass is 208 g/mol. The van der Waals surface area contributed by atoms with Gasteiger partial charge >= 0.3 is 0 Å². The predicted molar refractivity (Wildman–Crippen MR) is 57.0 cm³/mol. The Hall–Kier alpha value is -1.06. The summed E-state index contributed by atoms with van der Waals surface area (Å²) in [5.41, 5.74) is 2.17. The Bertz CT molecular complexity index is 330. The first-order valence-corrected chi connectivity index (χ1v) is 5.19. The van der Waals surface area contributed by atoms with Crippen molar-refractivity contribution in [2.45, 2.75) is 19.6 Å². The van der Waals surface area contributed by atoms with Crippen LogP contribution in [0.4, 0.5) is 0 Å². The largest absolute Gasteiger partial charge is 0.496 e. The molecule has 0 aliphatic carbocycles. The summed E-state index contributed by atoms with van der Waals surface area (Å²) in [6.07, 6.45) is 0.773. The van der Waals surface area contributed by atoms with Crippen LogP contribution >= 0.6 is 0 Å². The molecule has 3 nitrogen and oxygen atoms in total. The fourth-order valence-electron chi connectivity index (χ4n) is 1.73. The van der Waals surface area contributed by atoms with Gasteiger partial charge in [0.1, 0.15) is 5.75 Å². The molecule has 0 bridgehead atoms. The molecule has 15 heavy (non-hydrogen) atoms. The van der Waals surface area contributed by atoms with E-state index in [1.807, 2.05) is 19.1 Å². The van der Waals surface area contributed by atoms with Crippen molar-refractivity contribution in [1.82, 2.24) is 0 Å². The van der Waals surface area contributed by atoms with E-state index in [-0.39, 0.29) is 6.29 Å². The zero-order valence-electron chi connectivity index (χ0n) is 9.16. The van der Waals surface area contributed by atoms with Crippen molar-refractivity contribution in [2.75, 3.05) is 20.3 Å². The molecule has 0 amide bonds. The van der Waals surface area contributed by atoms with Crippen molar-refractivity contribution in [1.29, 1.82) is 0 Å². The quantitative estimate of drug-likeness (QED) is 0.747. The van der Waals surface area contributed by atoms with Crippen LogP contribution in [-0.4, -0.2) is 20.3 Å². The molecular weight excluding hydrogens is 192 g/mol. The third-order valence-corrected chi connectivity index (χ3v) is 2.52. The van der Waals surface area contributed by atoms with E-state index < -0.39 is 0 Å². The van der Waals surface area contributed by atoms with Crippen LogP contribution in [0.1, 0.15) is 23.8 Å². The number of hydrogen-bond donors (Lipinski definition) is 0. The SMILES string of the molecule is COc1ccc(C2OCCCO2)cc1C. The first kappa shape index (κ1) is 10.5. The van der Waals surface area contributed by atoms with Gasteiger partial charge in [-0.2, -0.15) is 0 Å². The lowest BCUT2D eigenvalue weighted by atomic mass is 10.1. The molecule has 2 rings (SSSR count). The highest BCUT2D eigenvalue weighted by Crippen LogP contribution is 2.27. The maximum atomic E-state index is 5.53. The zero-order chi connectivity index (χ0) is 10.7.